The Balaban J connectivity index is 2.13. The summed E-state index contributed by atoms with van der Waals surface area (Å²) in [6.07, 6.45) is 1.71. The van der Waals surface area contributed by atoms with E-state index in [1.165, 1.54) is 7.11 Å². The van der Waals surface area contributed by atoms with Crippen molar-refractivity contribution in [3.05, 3.63) is 5.82 Å². The second-order valence-corrected chi connectivity index (χ2v) is 6.42. The van der Waals surface area contributed by atoms with Crippen molar-refractivity contribution in [2.45, 2.75) is 43.6 Å². The van der Waals surface area contributed by atoms with Crippen LogP contribution in [0.1, 0.15) is 32.0 Å². The molecule has 2 atom stereocenters. The van der Waals surface area contributed by atoms with Gasteiger partial charge < -0.3 is 9.84 Å². The molecule has 2 unspecified atom stereocenters. The Morgan fingerprint density at radius 2 is 2.47 bits per heavy atom. The van der Waals surface area contributed by atoms with E-state index < -0.39 is 12.1 Å². The molecule has 19 heavy (non-hydrogen) atoms. The molecule has 2 heterocycles. The van der Waals surface area contributed by atoms with Crippen LogP contribution in [0.4, 0.5) is 0 Å². The Morgan fingerprint density at radius 3 is 3.05 bits per heavy atom. The molecule has 7 nitrogen and oxygen atoms in total. The minimum absolute atomic E-state index is 0.0559. The van der Waals surface area contributed by atoms with Crippen LogP contribution in [0.25, 0.3) is 0 Å². The zero-order chi connectivity index (χ0) is 13.9. The van der Waals surface area contributed by atoms with Gasteiger partial charge in [-0.05, 0) is 35.9 Å². The summed E-state index contributed by atoms with van der Waals surface area (Å²) in [7, 11) is 1.50. The van der Waals surface area contributed by atoms with Gasteiger partial charge in [-0.15, -0.1) is 16.9 Å². The van der Waals surface area contributed by atoms with Crippen LogP contribution in [0.5, 0.6) is 0 Å². The fraction of sp³-hybridized carbons (Fsp3) is 0.818. The van der Waals surface area contributed by atoms with Crippen LogP contribution in [-0.4, -0.2) is 50.2 Å². The molecule has 8 heteroatoms. The molecule has 0 amide bonds. The third-order valence-electron chi connectivity index (χ3n) is 3.34. The molecule has 1 aromatic rings. The zero-order valence-electron chi connectivity index (χ0n) is 11.1. The quantitative estimate of drug-likeness (QED) is 0.831. The Kier molecular flexibility index (Phi) is 4.41. The molecular weight excluding hydrogens is 268 g/mol. The molecule has 1 N–H and O–H groups in total. The lowest BCUT2D eigenvalue weighted by Gasteiger charge is -2.22. The molecule has 1 aliphatic rings. The average molecular weight is 286 g/mol. The summed E-state index contributed by atoms with van der Waals surface area (Å²) in [6.45, 7) is 2.49. The SMILES string of the molecule is COC(CC(=O)O)Cn1nnnc1C1(C)CCCS1. The van der Waals surface area contributed by atoms with Crippen molar-refractivity contribution in [3.8, 4) is 0 Å². The number of carbonyl (C=O) groups is 1. The monoisotopic (exact) mass is 286 g/mol. The van der Waals surface area contributed by atoms with Gasteiger partial charge in [0.1, 0.15) is 0 Å². The summed E-state index contributed by atoms with van der Waals surface area (Å²) in [5.41, 5.74) is 0. The van der Waals surface area contributed by atoms with E-state index in [1.807, 2.05) is 11.8 Å². The summed E-state index contributed by atoms with van der Waals surface area (Å²) in [6, 6.07) is 0. The first kappa shape index (κ1) is 14.3. The standard InChI is InChI=1S/C11H18N4O3S/c1-11(4-3-5-19-11)10-12-13-14-15(10)7-8(18-2)6-9(16)17/h8H,3-7H2,1-2H3,(H,16,17). The maximum Gasteiger partial charge on any atom is 0.306 e. The lowest BCUT2D eigenvalue weighted by atomic mass is 10.0. The molecule has 1 fully saturated rings. The van der Waals surface area contributed by atoms with Crippen LogP contribution in [0.3, 0.4) is 0 Å². The molecule has 0 aromatic carbocycles. The van der Waals surface area contributed by atoms with Crippen molar-refractivity contribution >= 4 is 17.7 Å². The van der Waals surface area contributed by atoms with Gasteiger partial charge in [-0.25, -0.2) is 4.68 Å². The maximum absolute atomic E-state index is 10.8. The van der Waals surface area contributed by atoms with Crippen LogP contribution < -0.4 is 0 Å². The van der Waals surface area contributed by atoms with E-state index in [0.717, 1.165) is 24.4 Å². The molecule has 0 saturated carbocycles. The maximum atomic E-state index is 10.8. The minimum Gasteiger partial charge on any atom is -0.481 e. The molecule has 0 spiro atoms. The van der Waals surface area contributed by atoms with E-state index in [9.17, 15) is 4.79 Å². The van der Waals surface area contributed by atoms with E-state index in [4.69, 9.17) is 9.84 Å². The molecule has 1 aliphatic heterocycles. The summed E-state index contributed by atoms with van der Waals surface area (Å²) in [5, 5.41) is 20.6. The van der Waals surface area contributed by atoms with Crippen LogP contribution in [0.15, 0.2) is 0 Å². The molecule has 106 valence electrons. The first-order valence-corrected chi connectivity index (χ1v) is 7.19. The van der Waals surface area contributed by atoms with Gasteiger partial charge in [0.25, 0.3) is 0 Å². The fourth-order valence-electron chi connectivity index (χ4n) is 2.27. The third kappa shape index (κ3) is 3.24. The van der Waals surface area contributed by atoms with E-state index in [2.05, 4.69) is 22.4 Å². The molecule has 0 bridgehead atoms. The van der Waals surface area contributed by atoms with Crippen molar-refractivity contribution in [2.75, 3.05) is 12.9 Å². The highest BCUT2D eigenvalue weighted by Gasteiger charge is 2.37. The Morgan fingerprint density at radius 1 is 1.68 bits per heavy atom. The number of aliphatic carboxylic acids is 1. The Labute approximate surface area is 115 Å². The Bertz CT molecular complexity index is 445. The number of nitrogens with zero attached hydrogens (tertiary/aromatic N) is 4. The van der Waals surface area contributed by atoms with Crippen molar-refractivity contribution in [2.24, 2.45) is 0 Å². The predicted octanol–water partition coefficient (Wildman–Crippen LogP) is 0.905. The summed E-state index contributed by atoms with van der Waals surface area (Å²) in [5.74, 6) is 1.03. The summed E-state index contributed by atoms with van der Waals surface area (Å²) in [4.78, 5) is 10.8. The van der Waals surface area contributed by atoms with Crippen LogP contribution >= 0.6 is 11.8 Å². The molecule has 1 saturated heterocycles. The van der Waals surface area contributed by atoms with Gasteiger partial charge in [-0.3, -0.25) is 4.79 Å². The van der Waals surface area contributed by atoms with Crippen molar-refractivity contribution in [1.82, 2.24) is 20.2 Å². The summed E-state index contributed by atoms with van der Waals surface area (Å²) < 4.78 is 6.78. The van der Waals surface area contributed by atoms with Crippen molar-refractivity contribution in [1.29, 1.82) is 0 Å². The second kappa shape index (κ2) is 5.87. The normalized spacial score (nSPS) is 24.5. The van der Waals surface area contributed by atoms with Crippen molar-refractivity contribution < 1.29 is 14.6 Å². The van der Waals surface area contributed by atoms with E-state index in [0.29, 0.717) is 6.54 Å². The number of tetrazole rings is 1. The first-order valence-electron chi connectivity index (χ1n) is 6.20. The van der Waals surface area contributed by atoms with Gasteiger partial charge in [-0.1, -0.05) is 0 Å². The number of methoxy groups -OCH3 is 1. The summed E-state index contributed by atoms with van der Waals surface area (Å²) >= 11 is 1.84. The topological polar surface area (TPSA) is 90.1 Å². The highest BCUT2D eigenvalue weighted by molar-refractivity contribution is 8.00. The van der Waals surface area contributed by atoms with Crippen LogP contribution in [0, 0.1) is 0 Å². The lowest BCUT2D eigenvalue weighted by Crippen LogP contribution is -2.27. The highest BCUT2D eigenvalue weighted by Crippen LogP contribution is 2.44. The number of rotatable bonds is 6. The lowest BCUT2D eigenvalue weighted by molar-refractivity contribution is -0.140. The minimum atomic E-state index is -0.886. The highest BCUT2D eigenvalue weighted by atomic mass is 32.2. The van der Waals surface area contributed by atoms with Gasteiger partial charge >= 0.3 is 5.97 Å². The van der Waals surface area contributed by atoms with Gasteiger partial charge in [0, 0.05) is 7.11 Å². The number of aromatic nitrogens is 4. The van der Waals surface area contributed by atoms with Gasteiger partial charge in [0.05, 0.1) is 23.8 Å². The van der Waals surface area contributed by atoms with Gasteiger partial charge in [-0.2, -0.15) is 0 Å². The largest absolute Gasteiger partial charge is 0.481 e. The predicted molar refractivity (Wildman–Crippen MR) is 69.9 cm³/mol. The zero-order valence-corrected chi connectivity index (χ0v) is 11.9. The molecule has 1 aromatic heterocycles. The van der Waals surface area contributed by atoms with E-state index in [1.54, 1.807) is 4.68 Å². The number of thioether (sulfide) groups is 1. The number of carboxylic acids is 1. The number of carboxylic acid groups (broad SMARTS) is 1. The molecule has 0 radical (unpaired) electrons. The van der Waals surface area contributed by atoms with Crippen LogP contribution in [0.2, 0.25) is 0 Å². The van der Waals surface area contributed by atoms with E-state index in [-0.39, 0.29) is 11.2 Å². The molecule has 2 rings (SSSR count). The number of hydrogen-bond acceptors (Lipinski definition) is 6. The Hall–Kier alpha value is -1.15. The smallest absolute Gasteiger partial charge is 0.306 e. The van der Waals surface area contributed by atoms with Crippen LogP contribution in [-0.2, 0) is 20.8 Å². The van der Waals surface area contributed by atoms with Crippen molar-refractivity contribution in [3.63, 3.8) is 0 Å². The third-order valence-corrected chi connectivity index (χ3v) is 4.85. The van der Waals surface area contributed by atoms with Gasteiger partial charge in [0.15, 0.2) is 5.82 Å². The second-order valence-electron chi connectivity index (χ2n) is 4.82. The molecule has 0 aliphatic carbocycles. The average Bonchev–Trinajstić information content (AvgIpc) is 2.97. The first-order chi connectivity index (χ1) is 9.05. The molecular formula is C11H18N4O3S. The fourth-order valence-corrected chi connectivity index (χ4v) is 3.58. The number of ether oxygens (including phenoxy) is 1. The van der Waals surface area contributed by atoms with Gasteiger partial charge in [0.2, 0.25) is 0 Å². The van der Waals surface area contributed by atoms with E-state index >= 15 is 0 Å². The number of hydrogen-bond donors (Lipinski definition) is 1.